The molecule has 0 spiro atoms. The zero-order valence-electron chi connectivity index (χ0n) is 7.53. The number of carbonyl (C=O) groups is 3. The van der Waals surface area contributed by atoms with Crippen LogP contribution in [0.4, 0.5) is 0 Å². The van der Waals surface area contributed by atoms with Gasteiger partial charge in [-0.2, -0.15) is 0 Å². The van der Waals surface area contributed by atoms with Crippen LogP contribution in [0.2, 0.25) is 0 Å². The molecule has 72 valence electrons. The number of hydrogen-bond donors (Lipinski definition) is 0. The molecule has 0 saturated heterocycles. The topological polar surface area (TPSA) is 120 Å². The fourth-order valence-corrected chi connectivity index (χ4v) is 0. The van der Waals surface area contributed by atoms with E-state index in [1.807, 2.05) is 0 Å². The van der Waals surface area contributed by atoms with Crippen LogP contribution >= 0.6 is 0 Å². The van der Waals surface area contributed by atoms with Crippen LogP contribution in [-0.2, 0) is 47.1 Å². The van der Waals surface area contributed by atoms with Crippen LogP contribution in [0.3, 0.4) is 0 Å². The molecule has 0 bridgehead atoms. The maximum Gasteiger partial charge on any atom is 3.00 e. The van der Waals surface area contributed by atoms with E-state index in [9.17, 15) is 0 Å². The Labute approximate surface area is 101 Å². The number of carboxylic acid groups (broad SMARTS) is 3. The van der Waals surface area contributed by atoms with Crippen molar-refractivity contribution in [3.05, 3.63) is 0 Å². The van der Waals surface area contributed by atoms with Gasteiger partial charge in [0.2, 0.25) is 0 Å². The van der Waals surface area contributed by atoms with E-state index < -0.39 is 17.9 Å². The quantitative estimate of drug-likeness (QED) is 0.444. The second kappa shape index (κ2) is 17.6. The van der Waals surface area contributed by atoms with Crippen molar-refractivity contribution >= 4 is 17.9 Å². The van der Waals surface area contributed by atoms with Crippen LogP contribution in [0.1, 0.15) is 20.8 Å². The largest absolute Gasteiger partial charge is 3.00 e. The van der Waals surface area contributed by atoms with Crippen molar-refractivity contribution in [3.63, 3.8) is 0 Å². The van der Waals surface area contributed by atoms with Crippen molar-refractivity contribution in [1.82, 2.24) is 0 Å². The zero-order chi connectivity index (χ0) is 10.7. The van der Waals surface area contributed by atoms with Gasteiger partial charge in [-0.1, -0.05) is 0 Å². The van der Waals surface area contributed by atoms with Crippen molar-refractivity contribution in [3.8, 4) is 0 Å². The van der Waals surface area contributed by atoms with Crippen LogP contribution < -0.4 is 15.3 Å². The molecule has 0 aromatic carbocycles. The molecule has 0 fully saturated rings. The first-order valence-corrected chi connectivity index (χ1v) is 2.72. The second-order valence-corrected chi connectivity index (χ2v) is 1.47. The van der Waals surface area contributed by atoms with Gasteiger partial charge in [0.1, 0.15) is 0 Å². The van der Waals surface area contributed by atoms with Gasteiger partial charge in [-0.15, -0.1) is 0 Å². The van der Waals surface area contributed by atoms with Gasteiger partial charge in [-0.3, -0.25) is 0 Å². The normalized spacial score (nSPS) is 5.77. The van der Waals surface area contributed by atoms with E-state index in [2.05, 4.69) is 0 Å². The third-order valence-electron chi connectivity index (χ3n) is 0. The van der Waals surface area contributed by atoms with E-state index in [0.29, 0.717) is 0 Å². The summed E-state index contributed by atoms with van der Waals surface area (Å²) in [6.45, 7) is 2.92. The zero-order valence-corrected chi connectivity index (χ0v) is 10.4. The van der Waals surface area contributed by atoms with Crippen molar-refractivity contribution in [2.24, 2.45) is 0 Å². The summed E-state index contributed by atoms with van der Waals surface area (Å²) in [7, 11) is 0. The summed E-state index contributed by atoms with van der Waals surface area (Å²) in [6, 6.07) is 0. The van der Waals surface area contributed by atoms with Gasteiger partial charge < -0.3 is 29.7 Å². The average Bonchev–Trinajstić information content (AvgIpc) is 1.54. The third-order valence-corrected chi connectivity index (χ3v) is 0. The standard InChI is InChI=1S/3C2H4O2.Y/c3*1-2(3)4;/h3*1H3,(H,3,4);/q;;;+3/p-3. The van der Waals surface area contributed by atoms with E-state index in [-0.39, 0.29) is 32.7 Å². The molecule has 0 aliphatic heterocycles. The Balaban J connectivity index is -0.0000000450. The van der Waals surface area contributed by atoms with Gasteiger partial charge in [-0.25, -0.2) is 0 Å². The molecule has 7 heteroatoms. The minimum atomic E-state index is -1.08. The molecule has 0 amide bonds. The number of carbonyl (C=O) groups excluding carboxylic acids is 3. The van der Waals surface area contributed by atoms with Crippen LogP contribution in [0.15, 0.2) is 0 Å². The Hall–Kier alpha value is -0.486. The van der Waals surface area contributed by atoms with Crippen molar-refractivity contribution in [2.45, 2.75) is 20.8 Å². The molecule has 0 N–H and O–H groups in total. The van der Waals surface area contributed by atoms with Crippen molar-refractivity contribution < 1.29 is 62.4 Å². The Morgan fingerprint density at radius 2 is 0.692 bits per heavy atom. The maximum absolute atomic E-state index is 8.89. The predicted octanol–water partition coefficient (Wildman–Crippen LogP) is -3.73. The van der Waals surface area contributed by atoms with E-state index >= 15 is 0 Å². The molecular formula is C6H9O6Y. The van der Waals surface area contributed by atoms with Gasteiger partial charge >= 0.3 is 32.7 Å². The monoisotopic (exact) mass is 266 g/mol. The maximum atomic E-state index is 8.89. The summed E-state index contributed by atoms with van der Waals surface area (Å²) in [5.41, 5.74) is 0. The second-order valence-electron chi connectivity index (χ2n) is 1.47. The molecule has 0 heterocycles. The molecule has 0 aromatic heterocycles. The van der Waals surface area contributed by atoms with Gasteiger partial charge in [0.05, 0.1) is 0 Å². The first kappa shape index (κ1) is 22.9. The predicted molar refractivity (Wildman–Crippen MR) is 32.0 cm³/mol. The Kier molecular flexibility index (Phi) is 30.9. The minimum Gasteiger partial charge on any atom is -0.550 e. The molecule has 0 aliphatic carbocycles. The number of aliphatic carboxylic acids is 3. The fraction of sp³-hybridized carbons (Fsp3) is 0.500. The first-order valence-electron chi connectivity index (χ1n) is 2.72. The molecule has 0 atom stereocenters. The third kappa shape index (κ3) is 4410. The first-order chi connectivity index (χ1) is 5.20. The smallest absolute Gasteiger partial charge is 0.550 e. The number of hydrogen-bond acceptors (Lipinski definition) is 6. The van der Waals surface area contributed by atoms with Gasteiger partial charge in [-0.05, 0) is 20.8 Å². The number of carboxylic acids is 3. The SMILES string of the molecule is CC(=O)[O-].CC(=O)[O-].CC(=O)[O-].[Y+3]. The molecular weight excluding hydrogens is 257 g/mol. The Morgan fingerprint density at radius 3 is 0.692 bits per heavy atom. The summed E-state index contributed by atoms with van der Waals surface area (Å²) in [5, 5.41) is 26.7. The summed E-state index contributed by atoms with van der Waals surface area (Å²) in [4.78, 5) is 26.7. The minimum absolute atomic E-state index is 0. The van der Waals surface area contributed by atoms with Crippen LogP contribution in [0, 0.1) is 0 Å². The molecule has 0 unspecified atom stereocenters. The molecule has 6 nitrogen and oxygen atoms in total. The number of rotatable bonds is 0. The van der Waals surface area contributed by atoms with Gasteiger partial charge in [0.25, 0.3) is 0 Å². The fourth-order valence-electron chi connectivity index (χ4n) is 0. The van der Waals surface area contributed by atoms with E-state index in [1.54, 1.807) is 0 Å². The van der Waals surface area contributed by atoms with Gasteiger partial charge in [0.15, 0.2) is 0 Å². The molecule has 0 aromatic rings. The molecule has 0 radical (unpaired) electrons. The molecule has 13 heavy (non-hydrogen) atoms. The van der Waals surface area contributed by atoms with Crippen LogP contribution in [-0.4, -0.2) is 17.9 Å². The molecule has 0 rings (SSSR count). The Morgan fingerprint density at radius 1 is 0.692 bits per heavy atom. The summed E-state index contributed by atoms with van der Waals surface area (Å²) in [5.74, 6) is -3.25. The summed E-state index contributed by atoms with van der Waals surface area (Å²) in [6.07, 6.45) is 0. The van der Waals surface area contributed by atoms with E-state index in [0.717, 1.165) is 20.8 Å². The molecule has 0 aliphatic rings. The van der Waals surface area contributed by atoms with Crippen molar-refractivity contribution in [2.75, 3.05) is 0 Å². The van der Waals surface area contributed by atoms with Crippen LogP contribution in [0.5, 0.6) is 0 Å². The van der Waals surface area contributed by atoms with Crippen LogP contribution in [0.25, 0.3) is 0 Å². The summed E-state index contributed by atoms with van der Waals surface area (Å²) < 4.78 is 0. The van der Waals surface area contributed by atoms with E-state index in [1.165, 1.54) is 0 Å². The van der Waals surface area contributed by atoms with Gasteiger partial charge in [0, 0.05) is 17.9 Å². The molecule has 0 saturated carbocycles. The Bertz CT molecular complexity index is 115. The van der Waals surface area contributed by atoms with Crippen molar-refractivity contribution in [1.29, 1.82) is 0 Å². The average molecular weight is 266 g/mol. The summed E-state index contributed by atoms with van der Waals surface area (Å²) >= 11 is 0. The van der Waals surface area contributed by atoms with E-state index in [4.69, 9.17) is 29.7 Å².